The van der Waals surface area contributed by atoms with Crippen LogP contribution in [0.15, 0.2) is 0 Å². The van der Waals surface area contributed by atoms with Gasteiger partial charge in [-0.25, -0.2) is 0 Å². The van der Waals surface area contributed by atoms with Crippen molar-refractivity contribution in [2.75, 3.05) is 13.2 Å². The maximum atomic E-state index is 5.50. The average molecular weight is 194 g/mol. The lowest BCUT2D eigenvalue weighted by atomic mass is 10.3. The van der Waals surface area contributed by atoms with E-state index < -0.39 is 8.60 Å². The van der Waals surface area contributed by atoms with Crippen LogP contribution in [0.1, 0.15) is 34.1 Å². The molecule has 0 spiro atoms. The van der Waals surface area contributed by atoms with Gasteiger partial charge in [0, 0.05) is 0 Å². The predicted octanol–water partition coefficient (Wildman–Crippen LogP) is 3.10. The Labute approximate surface area is 76.4 Å². The van der Waals surface area contributed by atoms with Crippen LogP contribution in [-0.4, -0.2) is 19.3 Å². The first-order valence-electron chi connectivity index (χ1n) is 4.47. The van der Waals surface area contributed by atoms with Crippen LogP contribution in [-0.2, 0) is 13.6 Å². The largest absolute Gasteiger partial charge is 0.332 e. The molecule has 0 radical (unpaired) electrons. The van der Waals surface area contributed by atoms with Crippen LogP contribution in [0.5, 0.6) is 0 Å². The molecule has 0 N–H and O–H groups in total. The third kappa shape index (κ3) is 5.90. The van der Waals surface area contributed by atoms with Gasteiger partial charge < -0.3 is 13.6 Å². The lowest BCUT2D eigenvalue weighted by Gasteiger charge is -2.18. The van der Waals surface area contributed by atoms with Crippen molar-refractivity contribution in [1.82, 2.24) is 0 Å². The summed E-state index contributed by atoms with van der Waals surface area (Å²) in [6, 6.07) is 0. The first-order chi connectivity index (χ1) is 5.74. The number of rotatable bonds is 7. The standard InChI is InChI=1S/C8H19O3P/c1-5-8(4)11-12(9-6-2)10-7-3/h8H,5-7H2,1-4H3/t8-/m1/s1. The van der Waals surface area contributed by atoms with Gasteiger partial charge in [-0.1, -0.05) is 6.92 Å². The molecule has 0 aromatic carbocycles. The van der Waals surface area contributed by atoms with Gasteiger partial charge in [0.25, 0.3) is 0 Å². The number of hydrogen-bond acceptors (Lipinski definition) is 3. The quantitative estimate of drug-likeness (QED) is 0.583. The molecule has 1 atom stereocenters. The van der Waals surface area contributed by atoms with E-state index in [1.807, 2.05) is 20.8 Å². The van der Waals surface area contributed by atoms with Gasteiger partial charge in [0.2, 0.25) is 0 Å². The lowest BCUT2D eigenvalue weighted by Crippen LogP contribution is -2.05. The van der Waals surface area contributed by atoms with E-state index in [1.54, 1.807) is 0 Å². The van der Waals surface area contributed by atoms with E-state index in [0.29, 0.717) is 13.2 Å². The second kappa shape index (κ2) is 7.93. The molecule has 0 fully saturated rings. The maximum absolute atomic E-state index is 5.50. The predicted molar refractivity (Wildman–Crippen MR) is 51.0 cm³/mol. The van der Waals surface area contributed by atoms with Gasteiger partial charge in [0.1, 0.15) is 0 Å². The Morgan fingerprint density at radius 1 is 1.08 bits per heavy atom. The first kappa shape index (κ1) is 12.3. The van der Waals surface area contributed by atoms with Gasteiger partial charge in [0.15, 0.2) is 0 Å². The molecule has 0 bridgehead atoms. The Morgan fingerprint density at radius 3 is 1.92 bits per heavy atom. The molecule has 0 aliphatic carbocycles. The highest BCUT2D eigenvalue weighted by Crippen LogP contribution is 2.40. The minimum Gasteiger partial charge on any atom is -0.313 e. The molecular formula is C8H19O3P. The van der Waals surface area contributed by atoms with Gasteiger partial charge in [0.05, 0.1) is 19.3 Å². The van der Waals surface area contributed by atoms with Crippen LogP contribution < -0.4 is 0 Å². The summed E-state index contributed by atoms with van der Waals surface area (Å²) in [4.78, 5) is 0. The molecule has 74 valence electrons. The molecule has 0 aliphatic rings. The molecule has 3 nitrogen and oxygen atoms in total. The van der Waals surface area contributed by atoms with Crippen molar-refractivity contribution in [3.63, 3.8) is 0 Å². The Balaban J connectivity index is 3.61. The van der Waals surface area contributed by atoms with Gasteiger partial charge in [-0.05, 0) is 27.2 Å². The fourth-order valence-electron chi connectivity index (χ4n) is 0.530. The molecule has 0 aromatic rings. The maximum Gasteiger partial charge on any atom is 0.332 e. The number of hydrogen-bond donors (Lipinski definition) is 0. The lowest BCUT2D eigenvalue weighted by molar-refractivity contribution is 0.131. The third-order valence-corrected chi connectivity index (χ3v) is 2.78. The van der Waals surface area contributed by atoms with Gasteiger partial charge in [-0.15, -0.1) is 0 Å². The van der Waals surface area contributed by atoms with E-state index in [2.05, 4.69) is 6.92 Å². The van der Waals surface area contributed by atoms with Gasteiger partial charge in [-0.3, -0.25) is 0 Å². The van der Waals surface area contributed by atoms with Crippen molar-refractivity contribution in [2.24, 2.45) is 0 Å². The van der Waals surface area contributed by atoms with Crippen molar-refractivity contribution >= 4 is 8.60 Å². The molecule has 0 aromatic heterocycles. The van der Waals surface area contributed by atoms with Crippen LogP contribution in [0.25, 0.3) is 0 Å². The zero-order chi connectivity index (χ0) is 9.40. The van der Waals surface area contributed by atoms with Crippen molar-refractivity contribution in [2.45, 2.75) is 40.2 Å². The van der Waals surface area contributed by atoms with Crippen LogP contribution >= 0.6 is 8.60 Å². The highest BCUT2D eigenvalue weighted by Gasteiger charge is 2.13. The Hall–Kier alpha value is 0.310. The van der Waals surface area contributed by atoms with Crippen molar-refractivity contribution in [3.05, 3.63) is 0 Å². The van der Waals surface area contributed by atoms with Crippen molar-refractivity contribution in [3.8, 4) is 0 Å². The van der Waals surface area contributed by atoms with Crippen LogP contribution in [0, 0.1) is 0 Å². The summed E-state index contributed by atoms with van der Waals surface area (Å²) in [5.74, 6) is 0. The van der Waals surface area contributed by atoms with E-state index >= 15 is 0 Å². The van der Waals surface area contributed by atoms with Gasteiger partial charge >= 0.3 is 8.60 Å². The molecule has 0 rings (SSSR count). The molecule has 0 saturated carbocycles. The SMILES string of the molecule is CCOP(OCC)O[C@H](C)CC. The molecular weight excluding hydrogens is 175 g/mol. The van der Waals surface area contributed by atoms with E-state index in [1.165, 1.54) is 0 Å². The minimum atomic E-state index is -1.11. The molecule has 12 heavy (non-hydrogen) atoms. The second-order valence-electron chi connectivity index (χ2n) is 2.38. The molecule has 0 unspecified atom stereocenters. The van der Waals surface area contributed by atoms with Crippen molar-refractivity contribution < 1.29 is 13.6 Å². The molecule has 4 heteroatoms. The molecule has 0 aliphatic heterocycles. The monoisotopic (exact) mass is 194 g/mol. The normalized spacial score (nSPS) is 13.8. The molecule has 0 amide bonds. The van der Waals surface area contributed by atoms with E-state index in [9.17, 15) is 0 Å². The highest BCUT2D eigenvalue weighted by atomic mass is 31.2. The Morgan fingerprint density at radius 2 is 1.58 bits per heavy atom. The smallest absolute Gasteiger partial charge is 0.313 e. The zero-order valence-corrected chi connectivity index (χ0v) is 9.27. The van der Waals surface area contributed by atoms with E-state index in [0.717, 1.165) is 6.42 Å². The zero-order valence-electron chi connectivity index (χ0n) is 8.37. The summed E-state index contributed by atoms with van der Waals surface area (Å²) in [6.45, 7) is 9.26. The topological polar surface area (TPSA) is 27.7 Å². The van der Waals surface area contributed by atoms with Crippen LogP contribution in [0.3, 0.4) is 0 Å². The summed E-state index contributed by atoms with van der Waals surface area (Å²) in [6.07, 6.45) is 1.20. The first-order valence-corrected chi connectivity index (χ1v) is 5.56. The Kier molecular flexibility index (Phi) is 8.14. The van der Waals surface area contributed by atoms with Crippen LogP contribution in [0.4, 0.5) is 0 Å². The van der Waals surface area contributed by atoms with E-state index in [-0.39, 0.29) is 6.10 Å². The summed E-state index contributed by atoms with van der Waals surface area (Å²) in [5.41, 5.74) is 0. The summed E-state index contributed by atoms with van der Waals surface area (Å²) >= 11 is 0. The third-order valence-electron chi connectivity index (χ3n) is 1.31. The summed E-state index contributed by atoms with van der Waals surface area (Å²) in [5, 5.41) is 0. The molecule has 0 heterocycles. The second-order valence-corrected chi connectivity index (χ2v) is 3.56. The van der Waals surface area contributed by atoms with Crippen LogP contribution in [0.2, 0.25) is 0 Å². The van der Waals surface area contributed by atoms with E-state index in [4.69, 9.17) is 13.6 Å². The highest BCUT2D eigenvalue weighted by molar-refractivity contribution is 7.41. The van der Waals surface area contributed by atoms with Gasteiger partial charge in [-0.2, -0.15) is 0 Å². The fourth-order valence-corrected chi connectivity index (χ4v) is 1.59. The van der Waals surface area contributed by atoms with Crippen molar-refractivity contribution in [1.29, 1.82) is 0 Å². The Bertz CT molecular complexity index is 94.3. The molecule has 0 saturated heterocycles. The average Bonchev–Trinajstić information content (AvgIpc) is 2.05. The fraction of sp³-hybridized carbons (Fsp3) is 1.00. The minimum absolute atomic E-state index is 0.217. The summed E-state index contributed by atoms with van der Waals surface area (Å²) < 4.78 is 16.1. The summed E-state index contributed by atoms with van der Waals surface area (Å²) in [7, 11) is -1.11.